The molecular weight excluding hydrogens is 459 g/mol. The van der Waals surface area contributed by atoms with Crippen LogP contribution in [0.2, 0.25) is 5.02 Å². The summed E-state index contributed by atoms with van der Waals surface area (Å²) in [4.78, 5) is 38.3. The van der Waals surface area contributed by atoms with E-state index in [1.54, 1.807) is 12.1 Å². The van der Waals surface area contributed by atoms with Crippen LogP contribution in [0.15, 0.2) is 41.3 Å². The maximum atomic E-state index is 13.0. The highest BCUT2D eigenvalue weighted by atomic mass is 35.5. The van der Waals surface area contributed by atoms with Crippen molar-refractivity contribution in [1.82, 2.24) is 4.90 Å². The van der Waals surface area contributed by atoms with E-state index in [9.17, 15) is 18.8 Å². The van der Waals surface area contributed by atoms with Crippen LogP contribution < -0.4 is 14.8 Å². The number of carbonyl (C=O) groups is 3. The fraction of sp³-hybridized carbons (Fsp3) is 0.227. The average molecular weight is 479 g/mol. The van der Waals surface area contributed by atoms with Gasteiger partial charge in [0.05, 0.1) is 23.1 Å². The standard InChI is InChI=1S/C22H20ClFN2O5S/c1-3-30-17-9-13(16(23)11-18(17)31-4-2)10-19-21(28)26(22(29)32-19)12-20(27)25-15-7-5-14(24)6-8-15/h5-11H,3-4,12H2,1-2H3,(H,25,27)/b19-10-. The van der Waals surface area contributed by atoms with Crippen molar-refractivity contribution in [2.45, 2.75) is 13.8 Å². The fourth-order valence-electron chi connectivity index (χ4n) is 2.85. The van der Waals surface area contributed by atoms with Crippen LogP contribution in [-0.2, 0) is 9.59 Å². The number of imide groups is 1. The molecule has 0 atom stereocenters. The number of carbonyl (C=O) groups excluding carboxylic acids is 3. The van der Waals surface area contributed by atoms with Crippen molar-refractivity contribution in [3.8, 4) is 11.5 Å². The van der Waals surface area contributed by atoms with Gasteiger partial charge in [-0.25, -0.2) is 4.39 Å². The van der Waals surface area contributed by atoms with Crippen molar-refractivity contribution in [1.29, 1.82) is 0 Å². The van der Waals surface area contributed by atoms with Gasteiger partial charge in [-0.05, 0) is 67.6 Å². The van der Waals surface area contributed by atoms with Crippen LogP contribution >= 0.6 is 23.4 Å². The van der Waals surface area contributed by atoms with Crippen LogP contribution in [0.3, 0.4) is 0 Å². The molecule has 0 aromatic heterocycles. The number of thioether (sulfide) groups is 1. The highest BCUT2D eigenvalue weighted by Crippen LogP contribution is 2.38. The normalized spacial score (nSPS) is 14.8. The molecular formula is C22H20ClFN2O5S. The molecule has 7 nitrogen and oxygen atoms in total. The molecule has 2 aromatic carbocycles. The smallest absolute Gasteiger partial charge is 0.294 e. The first-order valence-electron chi connectivity index (χ1n) is 9.72. The SMILES string of the molecule is CCOc1cc(Cl)c(/C=C2\SC(=O)N(CC(=O)Nc3ccc(F)cc3)C2=O)cc1OCC. The molecule has 32 heavy (non-hydrogen) atoms. The Bertz CT molecular complexity index is 1070. The van der Waals surface area contributed by atoms with Gasteiger partial charge in [-0.15, -0.1) is 0 Å². The number of amides is 3. The van der Waals surface area contributed by atoms with Crippen LogP contribution in [0.25, 0.3) is 6.08 Å². The second-order valence-corrected chi connectivity index (χ2v) is 7.91. The topological polar surface area (TPSA) is 84.9 Å². The number of rotatable bonds is 8. The molecule has 10 heteroatoms. The highest BCUT2D eigenvalue weighted by Gasteiger charge is 2.36. The van der Waals surface area contributed by atoms with E-state index in [0.29, 0.717) is 52.7 Å². The summed E-state index contributed by atoms with van der Waals surface area (Å²) in [6.45, 7) is 4.02. The summed E-state index contributed by atoms with van der Waals surface area (Å²) in [6, 6.07) is 8.36. The summed E-state index contributed by atoms with van der Waals surface area (Å²) in [6.07, 6.45) is 1.48. The Hall–Kier alpha value is -3.04. The second-order valence-electron chi connectivity index (χ2n) is 6.51. The lowest BCUT2D eigenvalue weighted by Crippen LogP contribution is -2.36. The first-order valence-corrected chi connectivity index (χ1v) is 10.9. The number of hydrogen-bond acceptors (Lipinski definition) is 6. The number of nitrogens with zero attached hydrogens (tertiary/aromatic N) is 1. The summed E-state index contributed by atoms with van der Waals surface area (Å²) in [7, 11) is 0. The number of nitrogens with one attached hydrogen (secondary N) is 1. The third-order valence-electron chi connectivity index (χ3n) is 4.25. The molecule has 3 amide bonds. The van der Waals surface area contributed by atoms with Crippen LogP contribution in [0.1, 0.15) is 19.4 Å². The van der Waals surface area contributed by atoms with Gasteiger partial charge in [-0.2, -0.15) is 0 Å². The number of hydrogen-bond donors (Lipinski definition) is 1. The molecule has 0 bridgehead atoms. The molecule has 1 heterocycles. The fourth-order valence-corrected chi connectivity index (χ4v) is 3.89. The molecule has 2 aromatic rings. The monoisotopic (exact) mass is 478 g/mol. The number of anilines is 1. The van der Waals surface area contributed by atoms with Crippen LogP contribution in [0, 0.1) is 5.82 Å². The van der Waals surface area contributed by atoms with Crippen LogP contribution in [0.5, 0.6) is 11.5 Å². The Balaban J connectivity index is 1.76. The first-order chi connectivity index (χ1) is 15.3. The van der Waals surface area contributed by atoms with Crippen molar-refractivity contribution >= 4 is 52.2 Å². The summed E-state index contributed by atoms with van der Waals surface area (Å²) in [5.41, 5.74) is 0.823. The zero-order valence-corrected chi connectivity index (χ0v) is 18.9. The Morgan fingerprint density at radius 2 is 1.75 bits per heavy atom. The van der Waals surface area contributed by atoms with Crippen LogP contribution in [-0.4, -0.2) is 41.7 Å². The number of ether oxygens (including phenoxy) is 2. The molecule has 0 radical (unpaired) electrons. The minimum Gasteiger partial charge on any atom is -0.490 e. The van der Waals surface area contributed by atoms with Crippen molar-refractivity contribution < 1.29 is 28.2 Å². The van der Waals surface area contributed by atoms with E-state index < -0.39 is 29.4 Å². The van der Waals surface area contributed by atoms with Crippen LogP contribution in [0.4, 0.5) is 14.9 Å². The highest BCUT2D eigenvalue weighted by molar-refractivity contribution is 8.18. The summed E-state index contributed by atoms with van der Waals surface area (Å²) < 4.78 is 24.1. The molecule has 0 saturated carbocycles. The molecule has 1 N–H and O–H groups in total. The van der Waals surface area contributed by atoms with Crippen molar-refractivity contribution in [2.24, 2.45) is 0 Å². The minimum absolute atomic E-state index is 0.123. The van der Waals surface area contributed by atoms with Gasteiger partial charge >= 0.3 is 0 Å². The van der Waals surface area contributed by atoms with Gasteiger partial charge in [0, 0.05) is 11.8 Å². The molecule has 0 aliphatic carbocycles. The van der Waals surface area contributed by atoms with Gasteiger partial charge in [0.1, 0.15) is 12.4 Å². The largest absolute Gasteiger partial charge is 0.490 e. The Labute approximate surface area is 193 Å². The Morgan fingerprint density at radius 1 is 1.12 bits per heavy atom. The van der Waals surface area contributed by atoms with E-state index in [0.717, 1.165) is 4.90 Å². The number of benzene rings is 2. The van der Waals surface area contributed by atoms with Gasteiger partial charge in [0.25, 0.3) is 11.1 Å². The number of halogens is 2. The first kappa shape index (κ1) is 23.6. The molecule has 1 aliphatic heterocycles. The Kier molecular flexibility index (Phi) is 7.76. The van der Waals surface area contributed by atoms with E-state index in [1.807, 2.05) is 13.8 Å². The Morgan fingerprint density at radius 3 is 2.38 bits per heavy atom. The lowest BCUT2D eigenvalue weighted by Gasteiger charge is -2.13. The van der Waals surface area contributed by atoms with Gasteiger partial charge < -0.3 is 14.8 Å². The molecule has 1 fully saturated rings. The molecule has 168 valence electrons. The van der Waals surface area contributed by atoms with Gasteiger partial charge in [-0.3, -0.25) is 19.3 Å². The zero-order valence-electron chi connectivity index (χ0n) is 17.3. The molecule has 1 aliphatic rings. The van der Waals surface area contributed by atoms with Crippen molar-refractivity contribution in [2.75, 3.05) is 25.1 Å². The molecule has 0 spiro atoms. The summed E-state index contributed by atoms with van der Waals surface area (Å²) in [5.74, 6) is -0.709. The lowest BCUT2D eigenvalue weighted by atomic mass is 10.1. The maximum Gasteiger partial charge on any atom is 0.294 e. The average Bonchev–Trinajstić information content (AvgIpc) is 3.00. The minimum atomic E-state index is -0.614. The summed E-state index contributed by atoms with van der Waals surface area (Å²) >= 11 is 7.04. The summed E-state index contributed by atoms with van der Waals surface area (Å²) in [5, 5.41) is 2.25. The molecule has 3 rings (SSSR count). The quantitative estimate of drug-likeness (QED) is 0.540. The predicted molar refractivity (Wildman–Crippen MR) is 121 cm³/mol. The third kappa shape index (κ3) is 5.60. The van der Waals surface area contributed by atoms with E-state index >= 15 is 0 Å². The zero-order chi connectivity index (χ0) is 23.3. The second kappa shape index (κ2) is 10.5. The van der Waals surface area contributed by atoms with E-state index in [4.69, 9.17) is 21.1 Å². The van der Waals surface area contributed by atoms with E-state index in [2.05, 4.69) is 5.32 Å². The molecule has 1 saturated heterocycles. The lowest BCUT2D eigenvalue weighted by molar-refractivity contribution is -0.127. The van der Waals surface area contributed by atoms with E-state index in [-0.39, 0.29) is 4.91 Å². The molecule has 0 unspecified atom stereocenters. The third-order valence-corrected chi connectivity index (χ3v) is 5.49. The van der Waals surface area contributed by atoms with Crippen molar-refractivity contribution in [3.63, 3.8) is 0 Å². The predicted octanol–water partition coefficient (Wildman–Crippen LogP) is 4.95. The maximum absolute atomic E-state index is 13.0. The van der Waals surface area contributed by atoms with Gasteiger partial charge in [0.15, 0.2) is 11.5 Å². The van der Waals surface area contributed by atoms with Gasteiger partial charge in [-0.1, -0.05) is 11.6 Å². The van der Waals surface area contributed by atoms with Crippen molar-refractivity contribution in [3.05, 3.63) is 57.7 Å². The van der Waals surface area contributed by atoms with Gasteiger partial charge in [0.2, 0.25) is 5.91 Å². The van der Waals surface area contributed by atoms with E-state index in [1.165, 1.54) is 30.3 Å².